The van der Waals surface area contributed by atoms with Gasteiger partial charge in [-0.1, -0.05) is 23.9 Å². The Kier molecular flexibility index (Phi) is 3.53. The highest BCUT2D eigenvalue weighted by atomic mass is 32.2. The van der Waals surface area contributed by atoms with Crippen LogP contribution in [0.25, 0.3) is 22.2 Å². The van der Waals surface area contributed by atoms with Crippen LogP contribution in [0.5, 0.6) is 5.75 Å². The van der Waals surface area contributed by atoms with Crippen molar-refractivity contribution >= 4 is 22.7 Å². The topological polar surface area (TPSA) is 103 Å². The third kappa shape index (κ3) is 2.19. The number of rotatable bonds is 2. The molecular weight excluding hydrogens is 300 g/mol. The average Bonchev–Trinajstić information content (AvgIpc) is 2.54. The van der Waals surface area contributed by atoms with E-state index in [9.17, 15) is 15.2 Å². The number of hydrogen-bond donors (Lipinski definition) is 2. The van der Waals surface area contributed by atoms with Gasteiger partial charge >= 0.3 is 0 Å². The lowest BCUT2D eigenvalue weighted by molar-refractivity contribution is 0.482. The molecule has 0 atom stereocenters. The molecule has 0 amide bonds. The Hall–Kier alpha value is -2.85. The van der Waals surface area contributed by atoms with Crippen LogP contribution < -0.4 is 5.56 Å². The minimum absolute atomic E-state index is 0.0975. The average molecular weight is 310 g/mol. The van der Waals surface area contributed by atoms with Crippen LogP contribution in [0.15, 0.2) is 40.4 Å². The smallest absolute Gasteiger partial charge is 0.270 e. The first-order valence-electron chi connectivity index (χ1n) is 6.31. The van der Waals surface area contributed by atoms with Crippen molar-refractivity contribution in [1.29, 1.82) is 5.26 Å². The second-order valence-electron chi connectivity index (χ2n) is 4.45. The third-order valence-electron chi connectivity index (χ3n) is 3.21. The van der Waals surface area contributed by atoms with Crippen LogP contribution in [0.1, 0.15) is 5.56 Å². The summed E-state index contributed by atoms with van der Waals surface area (Å²) in [5, 5.41) is 20.8. The van der Waals surface area contributed by atoms with Crippen molar-refractivity contribution in [3.8, 4) is 23.1 Å². The monoisotopic (exact) mass is 310 g/mol. The summed E-state index contributed by atoms with van der Waals surface area (Å²) < 4.78 is 0. The van der Waals surface area contributed by atoms with E-state index in [2.05, 4.69) is 15.0 Å². The molecule has 7 heteroatoms. The second-order valence-corrected chi connectivity index (χ2v) is 5.24. The zero-order chi connectivity index (χ0) is 15.7. The van der Waals surface area contributed by atoms with Gasteiger partial charge in [0.25, 0.3) is 5.56 Å². The SMILES string of the molecule is CSc1nc(-c2ccc3cccnc3c2O)c(C#N)c(=O)[nH]1. The number of pyridine rings is 1. The highest BCUT2D eigenvalue weighted by Crippen LogP contribution is 2.34. The standard InChI is InChI=1S/C15H10N4O2S/c1-22-15-18-12(10(7-16)14(21)19-15)9-5-4-8-3-2-6-17-11(8)13(9)20/h2-6,20H,1H3,(H,18,19,21). The van der Waals surface area contributed by atoms with Crippen LogP contribution in [0.3, 0.4) is 0 Å². The van der Waals surface area contributed by atoms with E-state index in [1.165, 1.54) is 11.8 Å². The van der Waals surface area contributed by atoms with Crippen molar-refractivity contribution in [2.75, 3.05) is 6.26 Å². The molecule has 0 saturated carbocycles. The van der Waals surface area contributed by atoms with Crippen LogP contribution in [0, 0.1) is 11.3 Å². The Labute approximate surface area is 129 Å². The molecule has 0 bridgehead atoms. The number of aromatic hydroxyl groups is 1. The molecule has 1 aromatic carbocycles. The molecule has 2 aromatic heterocycles. The first-order valence-corrected chi connectivity index (χ1v) is 7.53. The van der Waals surface area contributed by atoms with Crippen molar-refractivity contribution in [3.05, 3.63) is 46.4 Å². The minimum Gasteiger partial charge on any atom is -0.505 e. The van der Waals surface area contributed by atoms with Gasteiger partial charge in [-0.2, -0.15) is 5.26 Å². The number of nitrogens with one attached hydrogen (secondary N) is 1. The predicted octanol–water partition coefficient (Wildman–Crippen LogP) is 2.28. The molecule has 0 fully saturated rings. The van der Waals surface area contributed by atoms with Crippen molar-refractivity contribution in [2.45, 2.75) is 5.16 Å². The molecule has 0 saturated heterocycles. The summed E-state index contributed by atoms with van der Waals surface area (Å²) in [6.07, 6.45) is 3.32. The van der Waals surface area contributed by atoms with Gasteiger partial charge in [0.05, 0.1) is 0 Å². The first-order chi connectivity index (χ1) is 10.7. The highest BCUT2D eigenvalue weighted by molar-refractivity contribution is 7.98. The molecular formula is C15H10N4O2S. The molecule has 2 heterocycles. The van der Waals surface area contributed by atoms with Gasteiger partial charge in [0, 0.05) is 17.1 Å². The third-order valence-corrected chi connectivity index (χ3v) is 3.79. The predicted molar refractivity (Wildman–Crippen MR) is 83.8 cm³/mol. The molecule has 0 aliphatic rings. The highest BCUT2D eigenvalue weighted by Gasteiger charge is 2.18. The van der Waals surface area contributed by atoms with Crippen molar-refractivity contribution < 1.29 is 5.11 Å². The van der Waals surface area contributed by atoms with Gasteiger partial charge in [-0.25, -0.2) is 4.98 Å². The van der Waals surface area contributed by atoms with Crippen molar-refractivity contribution in [1.82, 2.24) is 15.0 Å². The molecule has 3 aromatic rings. The summed E-state index contributed by atoms with van der Waals surface area (Å²) in [4.78, 5) is 22.9. The van der Waals surface area contributed by atoms with E-state index in [1.54, 1.807) is 30.7 Å². The van der Waals surface area contributed by atoms with E-state index in [1.807, 2.05) is 12.1 Å². The van der Waals surface area contributed by atoms with Gasteiger partial charge in [-0.3, -0.25) is 9.78 Å². The largest absolute Gasteiger partial charge is 0.505 e. The van der Waals surface area contributed by atoms with Crippen LogP contribution >= 0.6 is 11.8 Å². The number of nitriles is 1. The number of H-pyrrole nitrogens is 1. The number of benzene rings is 1. The molecule has 6 nitrogen and oxygen atoms in total. The molecule has 0 unspecified atom stereocenters. The van der Waals surface area contributed by atoms with Gasteiger partial charge in [-0.15, -0.1) is 0 Å². The number of phenolic OH excluding ortho intramolecular Hbond substituents is 1. The van der Waals surface area contributed by atoms with Gasteiger partial charge in [-0.05, 0) is 18.4 Å². The molecule has 22 heavy (non-hydrogen) atoms. The lowest BCUT2D eigenvalue weighted by atomic mass is 10.0. The molecule has 0 spiro atoms. The number of aromatic amines is 1. The Morgan fingerprint density at radius 1 is 1.36 bits per heavy atom. The maximum absolute atomic E-state index is 12.0. The van der Waals surface area contributed by atoms with E-state index in [4.69, 9.17) is 0 Å². The Bertz CT molecular complexity index is 975. The summed E-state index contributed by atoms with van der Waals surface area (Å²) in [7, 11) is 0. The fourth-order valence-electron chi connectivity index (χ4n) is 2.17. The molecule has 0 aliphatic heterocycles. The number of phenols is 1. The fourth-order valence-corrected chi connectivity index (χ4v) is 2.55. The van der Waals surface area contributed by atoms with Crippen molar-refractivity contribution in [2.24, 2.45) is 0 Å². The van der Waals surface area contributed by atoms with Crippen LogP contribution in [-0.2, 0) is 0 Å². The fraction of sp³-hybridized carbons (Fsp3) is 0.0667. The molecule has 0 radical (unpaired) electrons. The summed E-state index contributed by atoms with van der Waals surface area (Å²) >= 11 is 1.25. The number of hydrogen-bond acceptors (Lipinski definition) is 6. The van der Waals surface area contributed by atoms with Gasteiger partial charge in [0.2, 0.25) is 0 Å². The number of fused-ring (bicyclic) bond motifs is 1. The lowest BCUT2D eigenvalue weighted by Crippen LogP contribution is -2.14. The number of nitrogens with zero attached hydrogens (tertiary/aromatic N) is 3. The van der Waals surface area contributed by atoms with Crippen LogP contribution in [0.4, 0.5) is 0 Å². The minimum atomic E-state index is -0.530. The Morgan fingerprint density at radius 2 is 2.18 bits per heavy atom. The molecule has 108 valence electrons. The van der Waals surface area contributed by atoms with Crippen molar-refractivity contribution in [3.63, 3.8) is 0 Å². The molecule has 0 aliphatic carbocycles. The van der Waals surface area contributed by atoms with E-state index in [0.29, 0.717) is 16.2 Å². The van der Waals surface area contributed by atoms with Crippen LogP contribution in [0.2, 0.25) is 0 Å². The Morgan fingerprint density at radius 3 is 2.91 bits per heavy atom. The normalized spacial score (nSPS) is 10.5. The summed E-state index contributed by atoms with van der Waals surface area (Å²) in [6, 6.07) is 8.82. The molecule has 3 rings (SSSR count). The van der Waals surface area contributed by atoms with Gasteiger partial charge in [0.1, 0.15) is 22.8 Å². The molecule has 2 N–H and O–H groups in total. The number of aromatic nitrogens is 3. The maximum Gasteiger partial charge on any atom is 0.270 e. The number of thioether (sulfide) groups is 1. The van der Waals surface area contributed by atoms with Gasteiger partial charge < -0.3 is 10.1 Å². The summed E-state index contributed by atoms with van der Waals surface area (Å²) in [6.45, 7) is 0. The van der Waals surface area contributed by atoms with E-state index < -0.39 is 5.56 Å². The Balaban J connectivity index is 2.37. The zero-order valence-corrected chi connectivity index (χ0v) is 12.3. The maximum atomic E-state index is 12.0. The lowest BCUT2D eigenvalue weighted by Gasteiger charge is -2.09. The second kappa shape index (κ2) is 5.50. The van der Waals surface area contributed by atoms with E-state index in [-0.39, 0.29) is 17.0 Å². The van der Waals surface area contributed by atoms with Gasteiger partial charge in [0.15, 0.2) is 10.9 Å². The summed E-state index contributed by atoms with van der Waals surface area (Å²) in [5.41, 5.74) is 0.197. The quantitative estimate of drug-likeness (QED) is 0.556. The first kappa shape index (κ1) is 14.1. The summed E-state index contributed by atoms with van der Waals surface area (Å²) in [5.74, 6) is -0.0975. The van der Waals surface area contributed by atoms with E-state index in [0.717, 1.165) is 5.39 Å². The van der Waals surface area contributed by atoms with E-state index >= 15 is 0 Å². The van der Waals surface area contributed by atoms with Crippen LogP contribution in [-0.4, -0.2) is 26.3 Å². The zero-order valence-electron chi connectivity index (χ0n) is 11.5.